The van der Waals surface area contributed by atoms with Crippen LogP contribution >= 0.6 is 54.8 Å². The van der Waals surface area contributed by atoms with Crippen LogP contribution in [-0.2, 0) is 0 Å². The Morgan fingerprint density at radius 1 is 1.24 bits per heavy atom. The Labute approximate surface area is 123 Å². The molecule has 1 aromatic carbocycles. The van der Waals surface area contributed by atoms with E-state index in [1.807, 2.05) is 0 Å². The summed E-state index contributed by atoms with van der Waals surface area (Å²) in [6.45, 7) is 0. The molecule has 1 nitrogen and oxygen atoms in total. The van der Waals surface area contributed by atoms with Gasteiger partial charge < -0.3 is 0 Å². The van der Waals surface area contributed by atoms with E-state index in [9.17, 15) is 9.18 Å². The van der Waals surface area contributed by atoms with Gasteiger partial charge in [-0.2, -0.15) is 0 Å². The lowest BCUT2D eigenvalue weighted by Crippen LogP contribution is -2.01. The van der Waals surface area contributed by atoms with Crippen LogP contribution < -0.4 is 0 Å². The number of hydrogen-bond donors (Lipinski definition) is 0. The molecule has 0 fully saturated rings. The average molecular weight is 398 g/mol. The van der Waals surface area contributed by atoms with E-state index >= 15 is 0 Å². The highest BCUT2D eigenvalue weighted by molar-refractivity contribution is 9.12. The van der Waals surface area contributed by atoms with Crippen molar-refractivity contribution in [3.63, 3.8) is 0 Å². The molecule has 88 valence electrons. The Morgan fingerprint density at radius 2 is 1.94 bits per heavy atom. The molecule has 6 heteroatoms. The fourth-order valence-corrected chi connectivity index (χ4v) is 4.36. The first kappa shape index (κ1) is 13.2. The van der Waals surface area contributed by atoms with E-state index in [1.165, 1.54) is 23.5 Å². The summed E-state index contributed by atoms with van der Waals surface area (Å²) in [7, 11) is 0. The first-order valence-corrected chi connectivity index (χ1v) is 7.21. The fraction of sp³-hybridized carbons (Fsp3) is 0. The summed E-state index contributed by atoms with van der Waals surface area (Å²) in [5.74, 6) is -0.694. The van der Waals surface area contributed by atoms with Crippen LogP contribution in [0.1, 0.15) is 15.9 Å². The van der Waals surface area contributed by atoms with Crippen molar-refractivity contribution in [1.82, 2.24) is 0 Å². The van der Waals surface area contributed by atoms with Crippen LogP contribution in [0.3, 0.4) is 0 Å². The quantitative estimate of drug-likeness (QED) is 0.628. The fourth-order valence-electron chi connectivity index (χ4n) is 1.31. The first-order chi connectivity index (χ1) is 7.99. The van der Waals surface area contributed by atoms with Gasteiger partial charge in [0.2, 0.25) is 0 Å². The predicted molar refractivity (Wildman–Crippen MR) is 74.6 cm³/mol. The molecule has 2 rings (SSSR count). The Balaban J connectivity index is 2.47. The highest BCUT2D eigenvalue weighted by Crippen LogP contribution is 2.34. The molecule has 1 heterocycles. The summed E-state index contributed by atoms with van der Waals surface area (Å²) in [4.78, 5) is 12.2. The van der Waals surface area contributed by atoms with Crippen molar-refractivity contribution in [2.45, 2.75) is 0 Å². The van der Waals surface area contributed by atoms with Crippen LogP contribution in [0.15, 0.2) is 31.8 Å². The molecular weight excluding hydrogens is 394 g/mol. The second-order valence-corrected chi connectivity index (χ2v) is 7.35. The van der Waals surface area contributed by atoms with Crippen LogP contribution in [0.25, 0.3) is 0 Å². The molecule has 0 aliphatic heterocycles. The summed E-state index contributed by atoms with van der Waals surface area (Å²) in [5, 5.41) is 0.115. The minimum absolute atomic E-state index is 0.115. The van der Waals surface area contributed by atoms with E-state index in [1.54, 1.807) is 6.07 Å². The van der Waals surface area contributed by atoms with Gasteiger partial charge in [-0.15, -0.1) is 11.3 Å². The van der Waals surface area contributed by atoms with E-state index in [-0.39, 0.29) is 10.8 Å². The van der Waals surface area contributed by atoms with Crippen LogP contribution in [0, 0.1) is 5.82 Å². The van der Waals surface area contributed by atoms with Gasteiger partial charge in [0.05, 0.1) is 12.6 Å². The lowest BCUT2D eigenvalue weighted by molar-refractivity contribution is 0.103. The Kier molecular flexibility index (Phi) is 4.02. The van der Waals surface area contributed by atoms with Gasteiger partial charge in [0.15, 0.2) is 5.78 Å². The maximum Gasteiger partial charge on any atom is 0.196 e. The number of ketones is 1. The number of thiophene rings is 1. The summed E-state index contributed by atoms with van der Waals surface area (Å²) in [6, 6.07) is 5.44. The summed E-state index contributed by atoms with van der Waals surface area (Å²) in [5.41, 5.74) is 0.800. The van der Waals surface area contributed by atoms with Crippen molar-refractivity contribution in [2.75, 3.05) is 0 Å². The molecule has 0 radical (unpaired) electrons. The van der Waals surface area contributed by atoms with E-state index in [2.05, 4.69) is 31.9 Å². The van der Waals surface area contributed by atoms with Gasteiger partial charge in [-0.3, -0.25) is 4.79 Å². The SMILES string of the molecule is O=C(c1ccc(F)cc1Cl)c1cc(Br)sc1Br. The molecule has 0 unspecified atom stereocenters. The van der Waals surface area contributed by atoms with Gasteiger partial charge >= 0.3 is 0 Å². The van der Waals surface area contributed by atoms with Gasteiger partial charge in [0, 0.05) is 11.1 Å². The van der Waals surface area contributed by atoms with Crippen molar-refractivity contribution in [3.05, 3.63) is 53.8 Å². The van der Waals surface area contributed by atoms with E-state index in [0.29, 0.717) is 11.1 Å². The molecule has 0 aliphatic rings. The average Bonchev–Trinajstić information content (AvgIpc) is 2.57. The number of benzene rings is 1. The third-order valence-electron chi connectivity index (χ3n) is 2.08. The van der Waals surface area contributed by atoms with Crippen LogP contribution in [0.5, 0.6) is 0 Å². The Bertz CT molecular complexity index is 597. The highest BCUT2D eigenvalue weighted by atomic mass is 79.9. The zero-order chi connectivity index (χ0) is 12.6. The molecule has 1 aromatic heterocycles. The molecule has 0 spiro atoms. The van der Waals surface area contributed by atoms with Gasteiger partial charge in [-0.1, -0.05) is 11.6 Å². The number of carbonyl (C=O) groups is 1. The molecule has 0 bridgehead atoms. The van der Waals surface area contributed by atoms with E-state index < -0.39 is 5.82 Å². The normalized spacial score (nSPS) is 10.6. The lowest BCUT2D eigenvalue weighted by atomic mass is 10.1. The molecule has 0 saturated heterocycles. The smallest absolute Gasteiger partial charge is 0.196 e. The predicted octanol–water partition coefficient (Wildman–Crippen LogP) is 5.30. The third-order valence-corrected chi connectivity index (χ3v) is 4.73. The molecule has 17 heavy (non-hydrogen) atoms. The third kappa shape index (κ3) is 2.78. The van der Waals surface area contributed by atoms with E-state index in [4.69, 9.17) is 11.6 Å². The molecule has 0 saturated carbocycles. The van der Waals surface area contributed by atoms with Crippen molar-refractivity contribution in [1.29, 1.82) is 0 Å². The molecule has 0 N–H and O–H groups in total. The number of rotatable bonds is 2. The van der Waals surface area contributed by atoms with Gasteiger partial charge in [0.1, 0.15) is 5.82 Å². The zero-order valence-corrected chi connectivity index (χ0v) is 12.9. The van der Waals surface area contributed by atoms with Crippen LogP contribution in [0.2, 0.25) is 5.02 Å². The minimum atomic E-state index is -0.461. The van der Waals surface area contributed by atoms with Crippen LogP contribution in [-0.4, -0.2) is 5.78 Å². The standard InChI is InChI=1S/C11H4Br2ClFOS/c12-9-4-7(11(13)17-9)10(16)6-2-1-5(15)3-8(6)14/h1-4H. The molecule has 2 aromatic rings. The largest absolute Gasteiger partial charge is 0.288 e. The maximum atomic E-state index is 12.9. The molecular formula is C11H4Br2ClFOS. The Hall–Kier alpha value is -0.230. The monoisotopic (exact) mass is 396 g/mol. The van der Waals surface area contributed by atoms with Gasteiger partial charge in [-0.25, -0.2) is 4.39 Å². The van der Waals surface area contributed by atoms with Gasteiger partial charge in [-0.05, 0) is 56.1 Å². The Morgan fingerprint density at radius 3 is 2.47 bits per heavy atom. The van der Waals surface area contributed by atoms with Crippen molar-refractivity contribution < 1.29 is 9.18 Å². The number of hydrogen-bond acceptors (Lipinski definition) is 2. The van der Waals surface area contributed by atoms with Crippen molar-refractivity contribution in [2.24, 2.45) is 0 Å². The van der Waals surface area contributed by atoms with E-state index in [0.717, 1.165) is 13.6 Å². The lowest BCUT2D eigenvalue weighted by Gasteiger charge is -2.02. The van der Waals surface area contributed by atoms with Crippen molar-refractivity contribution >= 4 is 60.6 Å². The van der Waals surface area contributed by atoms with Gasteiger partial charge in [0.25, 0.3) is 0 Å². The topological polar surface area (TPSA) is 17.1 Å². The number of carbonyl (C=O) groups excluding carboxylic acids is 1. The second-order valence-electron chi connectivity index (χ2n) is 3.19. The summed E-state index contributed by atoms with van der Waals surface area (Å²) >= 11 is 13.8. The van der Waals surface area contributed by atoms with Crippen LogP contribution in [0.4, 0.5) is 4.39 Å². The summed E-state index contributed by atoms with van der Waals surface area (Å²) in [6.07, 6.45) is 0. The number of halogens is 4. The summed E-state index contributed by atoms with van der Waals surface area (Å²) < 4.78 is 14.4. The second kappa shape index (κ2) is 5.18. The molecule has 0 amide bonds. The first-order valence-electron chi connectivity index (χ1n) is 4.43. The molecule has 0 aliphatic carbocycles. The van der Waals surface area contributed by atoms with Crippen molar-refractivity contribution in [3.8, 4) is 0 Å². The minimum Gasteiger partial charge on any atom is -0.288 e. The maximum absolute atomic E-state index is 12.9. The highest BCUT2D eigenvalue weighted by Gasteiger charge is 2.18. The molecule has 0 atom stereocenters. The zero-order valence-electron chi connectivity index (χ0n) is 8.14.